The Morgan fingerprint density at radius 3 is 2.70 bits per heavy atom. The molecular weight excluding hydrogens is 250 g/mol. The number of hydrogen-bond donors (Lipinski definition) is 1. The maximum Gasteiger partial charge on any atom is 0.231 e. The lowest BCUT2D eigenvalue weighted by atomic mass is 10.0. The molecule has 0 radical (unpaired) electrons. The first-order valence-corrected chi connectivity index (χ1v) is 7.12. The lowest BCUT2D eigenvalue weighted by Crippen LogP contribution is -2.39. The van der Waals surface area contributed by atoms with Gasteiger partial charge in [-0.2, -0.15) is 5.26 Å². The number of hydrogen-bond acceptors (Lipinski definition) is 3. The predicted molar refractivity (Wildman–Crippen MR) is 77.8 cm³/mol. The molecule has 4 nitrogen and oxygen atoms in total. The van der Waals surface area contributed by atoms with E-state index < -0.39 is 0 Å². The second-order valence-electron chi connectivity index (χ2n) is 5.56. The van der Waals surface area contributed by atoms with Crippen molar-refractivity contribution < 1.29 is 4.79 Å². The van der Waals surface area contributed by atoms with Crippen molar-refractivity contribution in [1.29, 1.82) is 5.26 Å². The number of benzene rings is 1. The highest BCUT2D eigenvalue weighted by atomic mass is 16.1. The van der Waals surface area contributed by atoms with Gasteiger partial charge in [-0.3, -0.25) is 9.69 Å². The fraction of sp³-hybridized carbons (Fsp3) is 0.500. The van der Waals surface area contributed by atoms with Crippen molar-refractivity contribution in [1.82, 2.24) is 4.90 Å². The van der Waals surface area contributed by atoms with Crippen molar-refractivity contribution in [3.05, 3.63) is 34.9 Å². The molecule has 1 aromatic rings. The van der Waals surface area contributed by atoms with E-state index >= 15 is 0 Å². The first-order chi connectivity index (χ1) is 9.60. The molecule has 0 aliphatic heterocycles. The third-order valence-corrected chi connectivity index (χ3v) is 4.05. The molecule has 1 aliphatic carbocycles. The Balaban J connectivity index is 2.14. The summed E-state index contributed by atoms with van der Waals surface area (Å²) < 4.78 is 0. The van der Waals surface area contributed by atoms with Crippen LogP contribution in [0.3, 0.4) is 0 Å². The van der Waals surface area contributed by atoms with Crippen LogP contribution in [-0.4, -0.2) is 23.4 Å². The largest absolute Gasteiger partial charge is 0.369 e. The molecule has 106 valence electrons. The van der Waals surface area contributed by atoms with Gasteiger partial charge in [-0.1, -0.05) is 18.9 Å². The van der Waals surface area contributed by atoms with Gasteiger partial charge >= 0.3 is 0 Å². The molecule has 0 unspecified atom stereocenters. The predicted octanol–water partition coefficient (Wildman–Crippen LogP) is 2.10. The van der Waals surface area contributed by atoms with Crippen molar-refractivity contribution in [3.63, 3.8) is 0 Å². The number of nitriles is 1. The van der Waals surface area contributed by atoms with Crippen LogP contribution in [0.25, 0.3) is 0 Å². The number of nitrogens with zero attached hydrogens (tertiary/aromatic N) is 2. The minimum atomic E-state index is -0.275. The Labute approximate surface area is 120 Å². The summed E-state index contributed by atoms with van der Waals surface area (Å²) >= 11 is 0. The molecule has 1 aromatic carbocycles. The van der Waals surface area contributed by atoms with Gasteiger partial charge in [-0.25, -0.2) is 0 Å². The highest BCUT2D eigenvalue weighted by molar-refractivity contribution is 5.76. The zero-order valence-electron chi connectivity index (χ0n) is 11.9. The topological polar surface area (TPSA) is 70.1 Å². The standard InChI is InChI=1S/C16H21N3O/c1-12-8-13(9-17)6-7-14(12)10-19(11-16(18)20)15-4-2-3-5-15/h6-8,15H,2-5,10-11H2,1H3,(H2,18,20). The van der Waals surface area contributed by atoms with E-state index in [4.69, 9.17) is 11.0 Å². The van der Waals surface area contributed by atoms with Crippen LogP contribution in [0.1, 0.15) is 42.4 Å². The van der Waals surface area contributed by atoms with Crippen LogP contribution in [-0.2, 0) is 11.3 Å². The van der Waals surface area contributed by atoms with Crippen LogP contribution in [0.4, 0.5) is 0 Å². The Bertz CT molecular complexity index is 527. The van der Waals surface area contributed by atoms with E-state index in [1.807, 2.05) is 25.1 Å². The van der Waals surface area contributed by atoms with Crippen LogP contribution in [0.15, 0.2) is 18.2 Å². The maximum absolute atomic E-state index is 11.3. The molecule has 0 saturated heterocycles. The van der Waals surface area contributed by atoms with E-state index in [0.717, 1.165) is 30.5 Å². The molecule has 0 aromatic heterocycles. The third kappa shape index (κ3) is 3.58. The minimum Gasteiger partial charge on any atom is -0.369 e. The molecule has 1 saturated carbocycles. The number of aryl methyl sites for hydroxylation is 1. The summed E-state index contributed by atoms with van der Waals surface area (Å²) in [5.74, 6) is -0.275. The number of carbonyl (C=O) groups is 1. The summed E-state index contributed by atoms with van der Waals surface area (Å²) in [6.07, 6.45) is 4.74. The van der Waals surface area contributed by atoms with Gasteiger partial charge in [-0.05, 0) is 43.0 Å². The molecule has 2 rings (SSSR count). The summed E-state index contributed by atoms with van der Waals surface area (Å²) in [5.41, 5.74) is 8.31. The van der Waals surface area contributed by atoms with Crippen LogP contribution < -0.4 is 5.73 Å². The van der Waals surface area contributed by atoms with Crippen LogP contribution in [0.5, 0.6) is 0 Å². The highest BCUT2D eigenvalue weighted by Gasteiger charge is 2.24. The van der Waals surface area contributed by atoms with Gasteiger partial charge in [0.1, 0.15) is 0 Å². The number of amides is 1. The molecule has 4 heteroatoms. The lowest BCUT2D eigenvalue weighted by molar-refractivity contribution is -0.119. The van der Waals surface area contributed by atoms with E-state index in [1.165, 1.54) is 12.8 Å². The zero-order valence-corrected chi connectivity index (χ0v) is 11.9. The average molecular weight is 271 g/mol. The molecule has 20 heavy (non-hydrogen) atoms. The first kappa shape index (κ1) is 14.5. The highest BCUT2D eigenvalue weighted by Crippen LogP contribution is 2.25. The molecule has 0 atom stereocenters. The van der Waals surface area contributed by atoms with Crippen LogP contribution >= 0.6 is 0 Å². The Morgan fingerprint density at radius 1 is 1.45 bits per heavy atom. The number of nitrogens with two attached hydrogens (primary N) is 1. The van der Waals surface area contributed by atoms with Gasteiger partial charge in [0.25, 0.3) is 0 Å². The molecule has 1 fully saturated rings. The van der Waals surface area contributed by atoms with E-state index in [2.05, 4.69) is 11.0 Å². The number of carbonyl (C=O) groups excluding carboxylic acids is 1. The van der Waals surface area contributed by atoms with E-state index in [0.29, 0.717) is 18.2 Å². The molecule has 0 heterocycles. The minimum absolute atomic E-state index is 0.275. The van der Waals surface area contributed by atoms with E-state index in [9.17, 15) is 4.79 Å². The van der Waals surface area contributed by atoms with Gasteiger partial charge in [0.2, 0.25) is 5.91 Å². The summed E-state index contributed by atoms with van der Waals surface area (Å²) in [6.45, 7) is 3.04. The molecule has 2 N–H and O–H groups in total. The fourth-order valence-electron chi connectivity index (χ4n) is 2.95. The summed E-state index contributed by atoms with van der Waals surface area (Å²) in [5, 5.41) is 8.90. The van der Waals surface area contributed by atoms with Gasteiger partial charge < -0.3 is 5.73 Å². The molecule has 1 aliphatic rings. The quantitative estimate of drug-likeness (QED) is 0.891. The second-order valence-corrected chi connectivity index (χ2v) is 5.56. The molecule has 0 spiro atoms. The van der Waals surface area contributed by atoms with Gasteiger partial charge in [-0.15, -0.1) is 0 Å². The van der Waals surface area contributed by atoms with Crippen molar-refractivity contribution in [2.45, 2.75) is 45.2 Å². The van der Waals surface area contributed by atoms with Crippen LogP contribution in [0, 0.1) is 18.3 Å². The summed E-state index contributed by atoms with van der Waals surface area (Å²) in [6, 6.07) is 8.31. The van der Waals surface area contributed by atoms with Gasteiger partial charge in [0, 0.05) is 12.6 Å². The maximum atomic E-state index is 11.3. The smallest absolute Gasteiger partial charge is 0.231 e. The summed E-state index contributed by atoms with van der Waals surface area (Å²) in [7, 11) is 0. The molecule has 0 bridgehead atoms. The lowest BCUT2D eigenvalue weighted by Gasteiger charge is -2.28. The van der Waals surface area contributed by atoms with Crippen LogP contribution in [0.2, 0.25) is 0 Å². The number of primary amides is 1. The van der Waals surface area contributed by atoms with Crippen molar-refractivity contribution in [3.8, 4) is 6.07 Å². The Kier molecular flexibility index (Phi) is 4.75. The van der Waals surface area contributed by atoms with E-state index in [1.54, 1.807) is 0 Å². The third-order valence-electron chi connectivity index (χ3n) is 4.05. The van der Waals surface area contributed by atoms with Crippen molar-refractivity contribution in [2.24, 2.45) is 5.73 Å². The van der Waals surface area contributed by atoms with Crippen molar-refractivity contribution >= 4 is 5.91 Å². The molecule has 1 amide bonds. The van der Waals surface area contributed by atoms with Crippen molar-refractivity contribution in [2.75, 3.05) is 6.54 Å². The Morgan fingerprint density at radius 2 is 2.15 bits per heavy atom. The normalized spacial score (nSPS) is 15.4. The molecular formula is C16H21N3O. The monoisotopic (exact) mass is 271 g/mol. The Hall–Kier alpha value is -1.86. The van der Waals surface area contributed by atoms with E-state index in [-0.39, 0.29) is 5.91 Å². The van der Waals surface area contributed by atoms with Gasteiger partial charge in [0.15, 0.2) is 0 Å². The summed E-state index contributed by atoms with van der Waals surface area (Å²) in [4.78, 5) is 13.5. The first-order valence-electron chi connectivity index (χ1n) is 7.12. The van der Waals surface area contributed by atoms with Gasteiger partial charge in [0.05, 0.1) is 18.2 Å². The second kappa shape index (κ2) is 6.53. The zero-order chi connectivity index (χ0) is 14.5. The fourth-order valence-corrected chi connectivity index (χ4v) is 2.95. The average Bonchev–Trinajstić information content (AvgIpc) is 2.93. The number of rotatable bonds is 5. The SMILES string of the molecule is Cc1cc(C#N)ccc1CN(CC(N)=O)C1CCCC1.